The van der Waals surface area contributed by atoms with Crippen LogP contribution in [0.25, 0.3) is 0 Å². The van der Waals surface area contributed by atoms with Gasteiger partial charge in [-0.2, -0.15) is 0 Å². The van der Waals surface area contributed by atoms with Crippen molar-refractivity contribution in [2.75, 3.05) is 26.7 Å². The molecule has 6 nitrogen and oxygen atoms in total. The van der Waals surface area contributed by atoms with Crippen molar-refractivity contribution >= 4 is 31.9 Å². The van der Waals surface area contributed by atoms with Gasteiger partial charge in [-0.15, -0.1) is 0 Å². The molecule has 0 bridgehead atoms. The number of halogens is 1. The van der Waals surface area contributed by atoms with Crippen LogP contribution >= 0.6 is 15.9 Å². The topological polar surface area (TPSA) is 84.5 Å². The molecule has 0 aliphatic heterocycles. The molecule has 0 aliphatic carbocycles. The Kier molecular flexibility index (Phi) is 7.30. The fourth-order valence-corrected chi connectivity index (χ4v) is 3.72. The third kappa shape index (κ3) is 5.39. The number of hydrogen-bond acceptors (Lipinski definition) is 5. The number of methoxy groups -OCH3 is 1. The second-order valence-corrected chi connectivity index (χ2v) is 6.87. The Morgan fingerprint density at radius 1 is 1.29 bits per heavy atom. The van der Waals surface area contributed by atoms with Crippen molar-refractivity contribution < 1.29 is 17.9 Å². The van der Waals surface area contributed by atoms with E-state index >= 15 is 0 Å². The molecule has 21 heavy (non-hydrogen) atoms. The van der Waals surface area contributed by atoms with E-state index < -0.39 is 16.0 Å². The van der Waals surface area contributed by atoms with Crippen molar-refractivity contribution in [2.24, 2.45) is 0 Å². The first-order valence-electron chi connectivity index (χ1n) is 6.50. The van der Waals surface area contributed by atoms with Crippen LogP contribution in [0, 0.1) is 0 Å². The van der Waals surface area contributed by atoms with E-state index in [-0.39, 0.29) is 10.5 Å². The number of rotatable bonds is 8. The van der Waals surface area contributed by atoms with E-state index in [1.165, 1.54) is 25.3 Å². The van der Waals surface area contributed by atoms with Crippen LogP contribution in [0.3, 0.4) is 0 Å². The molecular weight excluding hydrogens is 360 g/mol. The minimum atomic E-state index is -3.62. The zero-order valence-electron chi connectivity index (χ0n) is 12.0. The van der Waals surface area contributed by atoms with Crippen LogP contribution in [-0.4, -0.2) is 41.1 Å². The number of esters is 1. The highest BCUT2D eigenvalue weighted by molar-refractivity contribution is 9.10. The van der Waals surface area contributed by atoms with Crippen molar-refractivity contribution in [1.82, 2.24) is 10.0 Å². The van der Waals surface area contributed by atoms with Gasteiger partial charge in [-0.3, -0.25) is 0 Å². The fraction of sp³-hybridized carbons (Fsp3) is 0.462. The first kappa shape index (κ1) is 18.1. The second-order valence-electron chi connectivity index (χ2n) is 4.28. The van der Waals surface area contributed by atoms with Crippen molar-refractivity contribution in [3.8, 4) is 0 Å². The lowest BCUT2D eigenvalue weighted by Crippen LogP contribution is -2.32. The summed E-state index contributed by atoms with van der Waals surface area (Å²) in [6, 6.07) is 4.22. The summed E-state index contributed by atoms with van der Waals surface area (Å²) in [7, 11) is -2.35. The molecule has 0 fully saturated rings. The van der Waals surface area contributed by atoms with Gasteiger partial charge in [0.05, 0.1) is 17.6 Å². The van der Waals surface area contributed by atoms with Gasteiger partial charge >= 0.3 is 5.97 Å². The molecule has 0 amide bonds. The highest BCUT2D eigenvalue weighted by Gasteiger charge is 2.18. The predicted molar refractivity (Wildman–Crippen MR) is 83.8 cm³/mol. The molecule has 1 aromatic carbocycles. The lowest BCUT2D eigenvalue weighted by Gasteiger charge is -2.10. The van der Waals surface area contributed by atoms with Gasteiger partial charge in [0.2, 0.25) is 10.0 Å². The SMILES string of the molecule is CCCNCCNS(=O)(=O)c1ccc(C(=O)OC)cc1Br. The number of sulfonamides is 1. The monoisotopic (exact) mass is 378 g/mol. The molecule has 0 heterocycles. The Hall–Kier alpha value is -0.960. The molecule has 0 spiro atoms. The Morgan fingerprint density at radius 3 is 2.57 bits per heavy atom. The maximum atomic E-state index is 12.2. The normalized spacial score (nSPS) is 11.4. The van der Waals surface area contributed by atoms with Gasteiger partial charge in [-0.25, -0.2) is 17.9 Å². The van der Waals surface area contributed by atoms with E-state index in [0.29, 0.717) is 17.6 Å². The molecule has 8 heteroatoms. The summed E-state index contributed by atoms with van der Waals surface area (Å²) < 4.78 is 31.7. The van der Waals surface area contributed by atoms with Crippen LogP contribution in [0.15, 0.2) is 27.6 Å². The van der Waals surface area contributed by atoms with Gasteiger partial charge in [0.25, 0.3) is 0 Å². The van der Waals surface area contributed by atoms with Crippen LogP contribution in [0.2, 0.25) is 0 Å². The highest BCUT2D eigenvalue weighted by atomic mass is 79.9. The summed E-state index contributed by atoms with van der Waals surface area (Å²) in [6.07, 6.45) is 0.993. The number of hydrogen-bond donors (Lipinski definition) is 2. The quantitative estimate of drug-likeness (QED) is 0.529. The number of nitrogens with one attached hydrogen (secondary N) is 2. The van der Waals surface area contributed by atoms with Gasteiger partial charge in [0, 0.05) is 17.6 Å². The van der Waals surface area contributed by atoms with Crippen molar-refractivity contribution in [1.29, 1.82) is 0 Å². The average molecular weight is 379 g/mol. The molecule has 1 aromatic rings. The summed E-state index contributed by atoms with van der Waals surface area (Å²) in [5, 5.41) is 3.11. The van der Waals surface area contributed by atoms with Crippen LogP contribution < -0.4 is 10.0 Å². The minimum Gasteiger partial charge on any atom is -0.465 e. The fourth-order valence-electron chi connectivity index (χ4n) is 1.62. The van der Waals surface area contributed by atoms with Crippen LogP contribution in [0.1, 0.15) is 23.7 Å². The van der Waals surface area contributed by atoms with Gasteiger partial charge in [0.15, 0.2) is 0 Å². The van der Waals surface area contributed by atoms with E-state index in [0.717, 1.165) is 13.0 Å². The zero-order valence-corrected chi connectivity index (χ0v) is 14.4. The second kappa shape index (κ2) is 8.47. The van der Waals surface area contributed by atoms with Gasteiger partial charge in [0.1, 0.15) is 0 Å². The molecule has 0 saturated heterocycles. The van der Waals surface area contributed by atoms with E-state index in [9.17, 15) is 13.2 Å². The van der Waals surface area contributed by atoms with E-state index in [2.05, 4.69) is 30.7 Å². The molecule has 0 aromatic heterocycles. The average Bonchev–Trinajstić information content (AvgIpc) is 2.45. The molecule has 1 rings (SSSR count). The summed E-state index contributed by atoms with van der Waals surface area (Å²) in [5.74, 6) is -0.517. The van der Waals surface area contributed by atoms with Crippen molar-refractivity contribution in [2.45, 2.75) is 18.2 Å². The van der Waals surface area contributed by atoms with Crippen molar-refractivity contribution in [3.05, 3.63) is 28.2 Å². The molecule has 2 N–H and O–H groups in total. The molecule has 0 saturated carbocycles. The zero-order chi connectivity index (χ0) is 15.9. The maximum Gasteiger partial charge on any atom is 0.337 e. The number of carbonyl (C=O) groups excluding carboxylic acids is 1. The van der Waals surface area contributed by atoms with Crippen molar-refractivity contribution in [3.63, 3.8) is 0 Å². The first-order chi connectivity index (χ1) is 9.92. The summed E-state index contributed by atoms with van der Waals surface area (Å²) >= 11 is 3.17. The van der Waals surface area contributed by atoms with E-state index in [4.69, 9.17) is 0 Å². The largest absolute Gasteiger partial charge is 0.465 e. The smallest absolute Gasteiger partial charge is 0.337 e. The summed E-state index contributed by atoms with van der Waals surface area (Å²) in [4.78, 5) is 11.5. The summed E-state index contributed by atoms with van der Waals surface area (Å²) in [5.41, 5.74) is 0.285. The van der Waals surface area contributed by atoms with Gasteiger partial charge in [-0.05, 0) is 47.1 Å². The number of carbonyl (C=O) groups is 1. The van der Waals surface area contributed by atoms with E-state index in [1.54, 1.807) is 0 Å². The Morgan fingerprint density at radius 2 is 2.00 bits per heavy atom. The lowest BCUT2D eigenvalue weighted by atomic mass is 10.2. The Bertz CT molecular complexity index is 590. The van der Waals surface area contributed by atoms with Crippen LogP contribution in [0.4, 0.5) is 0 Å². The molecular formula is C13H19BrN2O4S. The van der Waals surface area contributed by atoms with Gasteiger partial charge < -0.3 is 10.1 Å². The predicted octanol–water partition coefficient (Wildman–Crippen LogP) is 1.51. The third-order valence-corrected chi connectivity index (χ3v) is 5.10. The Labute approximate surface area is 133 Å². The molecule has 0 aliphatic rings. The molecule has 118 valence electrons. The molecule has 0 atom stereocenters. The first-order valence-corrected chi connectivity index (χ1v) is 8.78. The molecule has 0 unspecified atom stereocenters. The van der Waals surface area contributed by atoms with Crippen LogP contribution in [-0.2, 0) is 14.8 Å². The van der Waals surface area contributed by atoms with E-state index in [1.807, 2.05) is 6.92 Å². The van der Waals surface area contributed by atoms with Crippen LogP contribution in [0.5, 0.6) is 0 Å². The number of ether oxygens (including phenoxy) is 1. The highest BCUT2D eigenvalue weighted by Crippen LogP contribution is 2.23. The third-order valence-electron chi connectivity index (χ3n) is 2.66. The minimum absolute atomic E-state index is 0.0886. The summed E-state index contributed by atoms with van der Waals surface area (Å²) in [6.45, 7) is 3.74. The Balaban J connectivity index is 2.77. The standard InChI is InChI=1S/C13H19BrN2O4S/c1-3-6-15-7-8-16-21(18,19)12-5-4-10(9-11(12)14)13(17)20-2/h4-5,9,15-16H,3,6-8H2,1-2H3. The molecule has 0 radical (unpaired) electrons. The van der Waals surface area contributed by atoms with Gasteiger partial charge in [-0.1, -0.05) is 6.92 Å². The number of benzene rings is 1. The lowest BCUT2D eigenvalue weighted by molar-refractivity contribution is 0.0600. The maximum absolute atomic E-state index is 12.2.